The van der Waals surface area contributed by atoms with E-state index < -0.39 is 11.8 Å². The van der Waals surface area contributed by atoms with Crippen LogP contribution in [-0.4, -0.2) is 22.7 Å². The van der Waals surface area contributed by atoms with Crippen LogP contribution in [0.15, 0.2) is 30.5 Å². The number of aromatic carboxylic acids is 1. The van der Waals surface area contributed by atoms with Crippen LogP contribution in [0.5, 0.6) is 5.75 Å². The molecule has 7 heteroatoms. The third-order valence-electron chi connectivity index (χ3n) is 2.63. The monoisotopic (exact) mass is 291 g/mol. The molecule has 0 fully saturated rings. The van der Waals surface area contributed by atoms with Crippen molar-refractivity contribution >= 4 is 23.2 Å². The van der Waals surface area contributed by atoms with Gasteiger partial charge in [-0.05, 0) is 25.1 Å². The van der Waals surface area contributed by atoms with Crippen molar-refractivity contribution in [1.82, 2.24) is 4.98 Å². The van der Waals surface area contributed by atoms with Crippen LogP contribution in [0, 0.1) is 5.82 Å². The molecule has 6 nitrogen and oxygen atoms in total. The van der Waals surface area contributed by atoms with Crippen molar-refractivity contribution < 1.29 is 19.0 Å². The van der Waals surface area contributed by atoms with Crippen molar-refractivity contribution in [2.75, 3.05) is 17.7 Å². The van der Waals surface area contributed by atoms with Crippen LogP contribution >= 0.6 is 0 Å². The summed E-state index contributed by atoms with van der Waals surface area (Å²) in [6.45, 7) is 2.11. The molecule has 0 saturated carbocycles. The summed E-state index contributed by atoms with van der Waals surface area (Å²) in [7, 11) is 0. The van der Waals surface area contributed by atoms with E-state index in [1.165, 1.54) is 24.4 Å². The lowest BCUT2D eigenvalue weighted by Gasteiger charge is -2.11. The second-order valence-corrected chi connectivity index (χ2v) is 4.17. The van der Waals surface area contributed by atoms with E-state index in [-0.39, 0.29) is 22.8 Å². The Kier molecular flexibility index (Phi) is 4.22. The number of carbonyl (C=O) groups is 1. The van der Waals surface area contributed by atoms with Crippen LogP contribution < -0.4 is 15.8 Å². The molecule has 1 heterocycles. The molecule has 0 aliphatic heterocycles. The van der Waals surface area contributed by atoms with Crippen LogP contribution in [0.25, 0.3) is 0 Å². The fourth-order valence-electron chi connectivity index (χ4n) is 1.73. The molecule has 0 aliphatic rings. The molecule has 0 amide bonds. The van der Waals surface area contributed by atoms with Gasteiger partial charge in [0.15, 0.2) is 11.6 Å². The Bertz CT molecular complexity index is 677. The smallest absolute Gasteiger partial charge is 0.339 e. The standard InChI is InChI=1S/C14H14FN3O3/c1-2-21-12-4-3-9(6-11(12)15)18-13-10(14(19)20)5-8(16)7-17-13/h3-7H,2,16H2,1H3,(H,17,18)(H,19,20). The maximum Gasteiger partial charge on any atom is 0.339 e. The number of pyridine rings is 1. The van der Waals surface area contributed by atoms with Crippen LogP contribution in [-0.2, 0) is 0 Å². The second-order valence-electron chi connectivity index (χ2n) is 4.17. The number of nitrogens with one attached hydrogen (secondary N) is 1. The minimum atomic E-state index is -1.18. The molecular weight excluding hydrogens is 277 g/mol. The van der Waals surface area contributed by atoms with Gasteiger partial charge in [-0.3, -0.25) is 0 Å². The van der Waals surface area contributed by atoms with Crippen molar-refractivity contribution in [2.24, 2.45) is 0 Å². The van der Waals surface area contributed by atoms with E-state index in [2.05, 4.69) is 10.3 Å². The molecule has 0 atom stereocenters. The largest absolute Gasteiger partial charge is 0.491 e. The summed E-state index contributed by atoms with van der Waals surface area (Å²) < 4.78 is 18.8. The molecule has 0 saturated heterocycles. The zero-order valence-electron chi connectivity index (χ0n) is 11.3. The third-order valence-corrected chi connectivity index (χ3v) is 2.63. The van der Waals surface area contributed by atoms with E-state index in [1.807, 2.05) is 0 Å². The topological polar surface area (TPSA) is 97.5 Å². The average Bonchev–Trinajstić information content (AvgIpc) is 2.44. The van der Waals surface area contributed by atoms with E-state index in [1.54, 1.807) is 13.0 Å². The Morgan fingerprint density at radius 1 is 1.48 bits per heavy atom. The SMILES string of the molecule is CCOc1ccc(Nc2ncc(N)cc2C(=O)O)cc1F. The molecule has 2 rings (SSSR count). The van der Waals surface area contributed by atoms with Crippen molar-refractivity contribution in [3.8, 4) is 5.75 Å². The summed E-state index contributed by atoms with van der Waals surface area (Å²) in [6.07, 6.45) is 1.32. The highest BCUT2D eigenvalue weighted by Gasteiger charge is 2.13. The summed E-state index contributed by atoms with van der Waals surface area (Å²) in [5.41, 5.74) is 6.00. The lowest BCUT2D eigenvalue weighted by Crippen LogP contribution is -2.06. The van der Waals surface area contributed by atoms with E-state index in [0.29, 0.717) is 12.3 Å². The highest BCUT2D eigenvalue weighted by Crippen LogP contribution is 2.25. The molecular formula is C14H14FN3O3. The van der Waals surface area contributed by atoms with Gasteiger partial charge in [-0.2, -0.15) is 0 Å². The first-order valence-corrected chi connectivity index (χ1v) is 6.19. The number of nitrogen functional groups attached to an aromatic ring is 1. The van der Waals surface area contributed by atoms with Crippen LogP contribution in [0.3, 0.4) is 0 Å². The molecule has 110 valence electrons. The van der Waals surface area contributed by atoms with Crippen LogP contribution in [0.1, 0.15) is 17.3 Å². The third kappa shape index (κ3) is 3.38. The summed E-state index contributed by atoms with van der Waals surface area (Å²) in [5, 5.41) is 11.9. The number of aromatic nitrogens is 1. The minimum Gasteiger partial charge on any atom is -0.491 e. The molecule has 0 aliphatic carbocycles. The van der Waals surface area contributed by atoms with Crippen LogP contribution in [0.4, 0.5) is 21.6 Å². The molecule has 0 unspecified atom stereocenters. The number of carboxylic acid groups (broad SMARTS) is 1. The second kappa shape index (κ2) is 6.08. The van der Waals surface area contributed by atoms with Gasteiger partial charge in [0.1, 0.15) is 11.4 Å². The highest BCUT2D eigenvalue weighted by atomic mass is 19.1. The molecule has 0 bridgehead atoms. The van der Waals surface area contributed by atoms with Gasteiger partial charge in [-0.15, -0.1) is 0 Å². The number of rotatable bonds is 5. The number of anilines is 3. The maximum absolute atomic E-state index is 13.7. The van der Waals surface area contributed by atoms with E-state index in [4.69, 9.17) is 15.6 Å². The molecule has 21 heavy (non-hydrogen) atoms. The zero-order chi connectivity index (χ0) is 15.4. The summed E-state index contributed by atoms with van der Waals surface area (Å²) >= 11 is 0. The Labute approximate surface area is 120 Å². The Morgan fingerprint density at radius 3 is 2.86 bits per heavy atom. The first kappa shape index (κ1) is 14.6. The average molecular weight is 291 g/mol. The number of hydrogen-bond acceptors (Lipinski definition) is 5. The predicted molar refractivity (Wildman–Crippen MR) is 76.5 cm³/mol. The van der Waals surface area contributed by atoms with Gasteiger partial charge in [0.25, 0.3) is 0 Å². The van der Waals surface area contributed by atoms with Gasteiger partial charge in [0.2, 0.25) is 0 Å². The van der Waals surface area contributed by atoms with Crippen molar-refractivity contribution in [2.45, 2.75) is 6.92 Å². The number of carboxylic acids is 1. The Balaban J connectivity index is 2.30. The van der Waals surface area contributed by atoms with Gasteiger partial charge in [-0.25, -0.2) is 14.2 Å². The number of halogens is 1. The summed E-state index contributed by atoms with van der Waals surface area (Å²) in [4.78, 5) is 15.1. The number of benzene rings is 1. The maximum atomic E-state index is 13.7. The van der Waals surface area contributed by atoms with Gasteiger partial charge < -0.3 is 20.9 Å². The van der Waals surface area contributed by atoms with Gasteiger partial charge in [-0.1, -0.05) is 0 Å². The van der Waals surface area contributed by atoms with E-state index in [0.717, 1.165) is 0 Å². The van der Waals surface area contributed by atoms with E-state index in [9.17, 15) is 9.18 Å². The quantitative estimate of drug-likeness (QED) is 0.783. The molecule has 1 aromatic heterocycles. The molecule has 1 aromatic carbocycles. The van der Waals surface area contributed by atoms with Gasteiger partial charge in [0.05, 0.1) is 18.5 Å². The lowest BCUT2D eigenvalue weighted by atomic mass is 10.2. The number of nitrogens with two attached hydrogens (primary N) is 1. The Morgan fingerprint density at radius 2 is 2.24 bits per heavy atom. The first-order chi connectivity index (χ1) is 10.0. The summed E-state index contributed by atoms with van der Waals surface area (Å²) in [5.74, 6) is -1.51. The molecule has 2 aromatic rings. The lowest BCUT2D eigenvalue weighted by molar-refractivity contribution is 0.0697. The van der Waals surface area contributed by atoms with Crippen molar-refractivity contribution in [3.63, 3.8) is 0 Å². The fourth-order valence-corrected chi connectivity index (χ4v) is 1.73. The minimum absolute atomic E-state index is 0.0836. The van der Waals surface area contributed by atoms with Crippen molar-refractivity contribution in [3.05, 3.63) is 41.8 Å². The zero-order valence-corrected chi connectivity index (χ0v) is 11.3. The molecule has 0 spiro atoms. The number of ether oxygens (including phenoxy) is 1. The first-order valence-electron chi connectivity index (χ1n) is 6.19. The molecule has 4 N–H and O–H groups in total. The van der Waals surface area contributed by atoms with E-state index >= 15 is 0 Å². The highest BCUT2D eigenvalue weighted by molar-refractivity contribution is 5.94. The fraction of sp³-hybridized carbons (Fsp3) is 0.143. The van der Waals surface area contributed by atoms with Gasteiger partial charge >= 0.3 is 5.97 Å². The number of nitrogens with zero attached hydrogens (tertiary/aromatic N) is 1. The number of hydrogen-bond donors (Lipinski definition) is 3. The molecule has 0 radical (unpaired) electrons. The Hall–Kier alpha value is -2.83. The van der Waals surface area contributed by atoms with Gasteiger partial charge in [0, 0.05) is 11.8 Å². The van der Waals surface area contributed by atoms with Crippen molar-refractivity contribution in [1.29, 1.82) is 0 Å². The van der Waals surface area contributed by atoms with Crippen LogP contribution in [0.2, 0.25) is 0 Å². The predicted octanol–water partition coefficient (Wildman–Crippen LogP) is 2.64. The summed E-state index contributed by atoms with van der Waals surface area (Å²) in [6, 6.07) is 5.51. The normalized spacial score (nSPS) is 10.2.